The average molecular weight is 419 g/mol. The summed E-state index contributed by atoms with van der Waals surface area (Å²) in [5, 5.41) is 8.80. The van der Waals surface area contributed by atoms with Crippen LogP contribution in [-0.4, -0.2) is 37.4 Å². The standard InChI is InChI=1S/C23H22N4O2S/c24-14-21-10-11-23(15-25-21)30(28,29)26-22-12-13-27(17-22)16-18-6-8-20(9-7-18)19-4-2-1-3-5-19/h1-11,15,22,26H,12-13,16-17H2/t22-/m1/s1. The Morgan fingerprint density at radius 3 is 2.43 bits per heavy atom. The lowest BCUT2D eigenvalue weighted by molar-refractivity contribution is 0.324. The van der Waals surface area contributed by atoms with Crippen LogP contribution < -0.4 is 4.72 Å². The van der Waals surface area contributed by atoms with Crippen molar-refractivity contribution >= 4 is 10.0 Å². The SMILES string of the molecule is N#Cc1ccc(S(=O)(=O)N[C@@H]2CCN(Cc3ccc(-c4ccccc4)cc3)C2)cn1. The zero-order valence-electron chi connectivity index (χ0n) is 16.4. The maximum Gasteiger partial charge on any atom is 0.242 e. The summed E-state index contributed by atoms with van der Waals surface area (Å²) in [5.74, 6) is 0. The van der Waals surface area contributed by atoms with Crippen LogP contribution in [0, 0.1) is 11.3 Å². The molecule has 0 unspecified atom stereocenters. The number of sulfonamides is 1. The third kappa shape index (κ3) is 4.74. The van der Waals surface area contributed by atoms with Gasteiger partial charge in [0.25, 0.3) is 0 Å². The Hall–Kier alpha value is -3.05. The number of rotatable bonds is 6. The number of hydrogen-bond acceptors (Lipinski definition) is 5. The van der Waals surface area contributed by atoms with Gasteiger partial charge in [-0.25, -0.2) is 18.1 Å². The Morgan fingerprint density at radius 1 is 1.03 bits per heavy atom. The first-order valence-corrected chi connectivity index (χ1v) is 11.3. The molecule has 0 spiro atoms. The molecule has 3 aromatic rings. The van der Waals surface area contributed by atoms with Crippen LogP contribution in [0.5, 0.6) is 0 Å². The van der Waals surface area contributed by atoms with Crippen molar-refractivity contribution in [3.8, 4) is 17.2 Å². The number of hydrogen-bond donors (Lipinski definition) is 1. The molecule has 4 rings (SSSR count). The van der Waals surface area contributed by atoms with Gasteiger partial charge in [0.05, 0.1) is 0 Å². The third-order valence-corrected chi connectivity index (χ3v) is 6.73. The first kappa shape index (κ1) is 20.2. The summed E-state index contributed by atoms with van der Waals surface area (Å²) in [4.78, 5) is 6.18. The molecule has 0 amide bonds. The van der Waals surface area contributed by atoms with Gasteiger partial charge in [-0.05, 0) is 35.2 Å². The molecule has 0 radical (unpaired) electrons. The number of aromatic nitrogens is 1. The Balaban J connectivity index is 1.34. The van der Waals surface area contributed by atoms with Crippen molar-refractivity contribution in [1.29, 1.82) is 5.26 Å². The zero-order chi connectivity index (χ0) is 21.0. The van der Waals surface area contributed by atoms with Crippen molar-refractivity contribution in [1.82, 2.24) is 14.6 Å². The minimum absolute atomic E-state index is 0.0800. The first-order valence-electron chi connectivity index (χ1n) is 9.79. The van der Waals surface area contributed by atoms with E-state index in [1.54, 1.807) is 0 Å². The van der Waals surface area contributed by atoms with Gasteiger partial charge < -0.3 is 0 Å². The number of nitrogens with one attached hydrogen (secondary N) is 1. The van der Waals surface area contributed by atoms with Crippen LogP contribution in [-0.2, 0) is 16.6 Å². The lowest BCUT2D eigenvalue weighted by Crippen LogP contribution is -2.37. The van der Waals surface area contributed by atoms with E-state index in [1.807, 2.05) is 24.3 Å². The molecule has 2 heterocycles. The van der Waals surface area contributed by atoms with Gasteiger partial charge in [0.2, 0.25) is 10.0 Å². The van der Waals surface area contributed by atoms with Crippen LogP contribution in [0.15, 0.2) is 77.8 Å². The fourth-order valence-electron chi connectivity index (χ4n) is 3.66. The van der Waals surface area contributed by atoms with Gasteiger partial charge in [0, 0.05) is 31.9 Å². The third-order valence-electron chi connectivity index (χ3n) is 5.22. The van der Waals surface area contributed by atoms with Gasteiger partial charge in [-0.15, -0.1) is 0 Å². The molecule has 152 valence electrons. The molecule has 2 aromatic carbocycles. The highest BCUT2D eigenvalue weighted by Gasteiger charge is 2.27. The maximum absolute atomic E-state index is 12.6. The zero-order valence-corrected chi connectivity index (χ0v) is 17.2. The molecule has 0 bridgehead atoms. The summed E-state index contributed by atoms with van der Waals surface area (Å²) in [5.41, 5.74) is 3.77. The highest BCUT2D eigenvalue weighted by atomic mass is 32.2. The molecule has 30 heavy (non-hydrogen) atoms. The van der Waals surface area contributed by atoms with Crippen molar-refractivity contribution in [3.63, 3.8) is 0 Å². The van der Waals surface area contributed by atoms with Gasteiger partial charge in [-0.1, -0.05) is 54.6 Å². The second kappa shape index (κ2) is 8.76. The van der Waals surface area contributed by atoms with Crippen LogP contribution in [0.3, 0.4) is 0 Å². The summed E-state index contributed by atoms with van der Waals surface area (Å²) in [6, 6.07) is 23.3. The molecule has 1 N–H and O–H groups in total. The molecule has 6 nitrogen and oxygen atoms in total. The number of nitrogens with zero attached hydrogens (tertiary/aromatic N) is 3. The van der Waals surface area contributed by atoms with Gasteiger partial charge in [0.15, 0.2) is 0 Å². The summed E-state index contributed by atoms with van der Waals surface area (Å²) < 4.78 is 27.9. The minimum atomic E-state index is -3.65. The van der Waals surface area contributed by atoms with E-state index < -0.39 is 10.0 Å². The Morgan fingerprint density at radius 2 is 1.77 bits per heavy atom. The summed E-state index contributed by atoms with van der Waals surface area (Å²) in [6.07, 6.45) is 1.98. The Labute approximate surface area is 176 Å². The van der Waals surface area contributed by atoms with Crippen LogP contribution >= 0.6 is 0 Å². The summed E-state index contributed by atoms with van der Waals surface area (Å²) in [6.45, 7) is 2.27. The molecular formula is C23H22N4O2S. The first-order chi connectivity index (χ1) is 14.5. The molecule has 1 atom stereocenters. The van der Waals surface area contributed by atoms with E-state index >= 15 is 0 Å². The van der Waals surface area contributed by atoms with Crippen LogP contribution in [0.4, 0.5) is 0 Å². The minimum Gasteiger partial charge on any atom is -0.297 e. The number of likely N-dealkylation sites (tertiary alicyclic amines) is 1. The second-order valence-corrected chi connectivity index (χ2v) is 9.11. The molecule has 1 aromatic heterocycles. The van der Waals surface area contributed by atoms with E-state index in [2.05, 4.69) is 51.0 Å². The molecule has 0 aliphatic carbocycles. The number of nitriles is 1. The topological polar surface area (TPSA) is 86.1 Å². The van der Waals surface area contributed by atoms with E-state index in [9.17, 15) is 8.42 Å². The Kier molecular flexibility index (Phi) is 5.91. The van der Waals surface area contributed by atoms with E-state index in [1.165, 1.54) is 35.0 Å². The van der Waals surface area contributed by atoms with Gasteiger partial charge in [-0.3, -0.25) is 4.90 Å². The van der Waals surface area contributed by atoms with Gasteiger partial charge in [-0.2, -0.15) is 5.26 Å². The molecule has 1 aliphatic rings. The number of benzene rings is 2. The molecular weight excluding hydrogens is 396 g/mol. The highest BCUT2D eigenvalue weighted by Crippen LogP contribution is 2.21. The molecule has 0 saturated carbocycles. The monoisotopic (exact) mass is 418 g/mol. The molecule has 1 aliphatic heterocycles. The van der Waals surface area contributed by atoms with E-state index in [0.717, 1.165) is 19.5 Å². The fourth-order valence-corrected chi connectivity index (χ4v) is 4.86. The lowest BCUT2D eigenvalue weighted by Gasteiger charge is -2.17. The summed E-state index contributed by atoms with van der Waals surface area (Å²) >= 11 is 0. The predicted octanol–water partition coefficient (Wildman–Crippen LogP) is 3.17. The molecule has 1 saturated heterocycles. The van der Waals surface area contributed by atoms with Crippen LogP contribution in [0.1, 0.15) is 17.7 Å². The largest absolute Gasteiger partial charge is 0.297 e. The van der Waals surface area contributed by atoms with Gasteiger partial charge in [0.1, 0.15) is 16.7 Å². The average Bonchev–Trinajstić information content (AvgIpc) is 3.21. The van der Waals surface area contributed by atoms with Crippen molar-refractivity contribution in [2.75, 3.05) is 13.1 Å². The highest BCUT2D eigenvalue weighted by molar-refractivity contribution is 7.89. The molecule has 7 heteroatoms. The smallest absolute Gasteiger partial charge is 0.242 e. The molecule has 1 fully saturated rings. The van der Waals surface area contributed by atoms with Crippen LogP contribution in [0.2, 0.25) is 0 Å². The van der Waals surface area contributed by atoms with Crippen molar-refractivity contribution in [2.45, 2.75) is 23.9 Å². The van der Waals surface area contributed by atoms with E-state index in [4.69, 9.17) is 5.26 Å². The normalized spacial score (nSPS) is 17.0. The lowest BCUT2D eigenvalue weighted by atomic mass is 10.0. The maximum atomic E-state index is 12.6. The van der Waals surface area contributed by atoms with Crippen LogP contribution in [0.25, 0.3) is 11.1 Å². The summed E-state index contributed by atoms with van der Waals surface area (Å²) in [7, 11) is -3.65. The predicted molar refractivity (Wildman–Crippen MR) is 115 cm³/mol. The quantitative estimate of drug-likeness (QED) is 0.664. The van der Waals surface area contributed by atoms with E-state index in [0.29, 0.717) is 6.54 Å². The Bertz CT molecular complexity index is 1140. The van der Waals surface area contributed by atoms with E-state index in [-0.39, 0.29) is 16.6 Å². The van der Waals surface area contributed by atoms with Crippen molar-refractivity contribution < 1.29 is 8.42 Å². The second-order valence-electron chi connectivity index (χ2n) is 7.40. The van der Waals surface area contributed by atoms with Crippen molar-refractivity contribution in [3.05, 3.63) is 84.2 Å². The van der Waals surface area contributed by atoms with Gasteiger partial charge >= 0.3 is 0 Å². The number of pyridine rings is 1. The fraction of sp³-hybridized carbons (Fsp3) is 0.217. The van der Waals surface area contributed by atoms with Crippen molar-refractivity contribution in [2.24, 2.45) is 0 Å².